The minimum atomic E-state index is -4.41. The molecule has 0 saturated heterocycles. The van der Waals surface area contributed by atoms with E-state index in [-0.39, 0.29) is 152 Å². The zero-order chi connectivity index (χ0) is 59.6. The number of unbranched alkanes of at least 4 members (excludes halogenated alkanes) is 3. The molecule has 0 aromatic carbocycles. The van der Waals surface area contributed by atoms with Crippen LogP contribution in [0.1, 0.15) is 173 Å². The van der Waals surface area contributed by atoms with Gasteiger partial charge in [0, 0.05) is 92.3 Å². The molecule has 0 unspecified atom stereocenters. The third kappa shape index (κ3) is 26.8. The van der Waals surface area contributed by atoms with E-state index >= 15 is 0 Å². The summed E-state index contributed by atoms with van der Waals surface area (Å²) in [5.74, 6) is -9.97. The Morgan fingerprint density at radius 3 is 0.877 bits per heavy atom. The van der Waals surface area contributed by atoms with Crippen molar-refractivity contribution in [2.24, 2.45) is 17.8 Å². The Morgan fingerprint density at radius 2 is 0.630 bits per heavy atom. The van der Waals surface area contributed by atoms with Crippen LogP contribution >= 0.6 is 0 Å². The number of halogens is 12. The molecule has 0 aromatic heterocycles. The number of hydrogen-bond donors (Lipinski definition) is 0. The van der Waals surface area contributed by atoms with Crippen LogP contribution in [-0.4, -0.2) is 72.1 Å². The average Bonchev–Trinajstić information content (AvgIpc) is 3.94. The van der Waals surface area contributed by atoms with Gasteiger partial charge in [0.15, 0.2) is 17.5 Å². The second-order valence-corrected chi connectivity index (χ2v) is 20.8. The van der Waals surface area contributed by atoms with Gasteiger partial charge >= 0.3 is 36.4 Å². The molecule has 0 saturated carbocycles. The van der Waals surface area contributed by atoms with Crippen molar-refractivity contribution >= 4 is 35.3 Å². The first-order valence-corrected chi connectivity index (χ1v) is 27.9. The van der Waals surface area contributed by atoms with Crippen molar-refractivity contribution < 1.29 is 95.7 Å². The number of rotatable bonds is 12. The summed E-state index contributed by atoms with van der Waals surface area (Å²) in [6, 6.07) is 0. The molecule has 0 aromatic rings. The molecule has 81 heavy (non-hydrogen) atoms. The van der Waals surface area contributed by atoms with E-state index in [1.165, 1.54) is 18.2 Å². The summed E-state index contributed by atoms with van der Waals surface area (Å²) in [5, 5.41) is 0. The lowest BCUT2D eigenvalue weighted by Gasteiger charge is -2.18. The van der Waals surface area contributed by atoms with Gasteiger partial charge in [-0.05, 0) is 134 Å². The summed E-state index contributed by atoms with van der Waals surface area (Å²) < 4.78 is 178. The van der Waals surface area contributed by atoms with Gasteiger partial charge in [0.05, 0.1) is 0 Å². The van der Waals surface area contributed by atoms with Gasteiger partial charge in [0.1, 0.15) is 18.3 Å². The molecule has 3 aliphatic carbocycles. The molecule has 9 nitrogen and oxygen atoms in total. The first kappa shape index (κ1) is 67.7. The number of ketones is 3. The number of alkyl halides is 9. The molecule has 0 fully saturated rings. The number of carbonyl (C=O) groups excluding carboxylic acids is 6. The minimum Gasteiger partial charge on any atom is -0.462 e. The maximum atomic E-state index is 14.7. The largest absolute Gasteiger partial charge is 0.462 e. The summed E-state index contributed by atoms with van der Waals surface area (Å²) in [6.07, 6.45) is -0.832. The average molecular weight is 1170 g/mol. The Kier molecular flexibility index (Phi) is 28.4. The molecular weight excluding hydrogens is 1090 g/mol. The fourth-order valence-corrected chi connectivity index (χ4v) is 9.71. The van der Waals surface area contributed by atoms with Gasteiger partial charge in [-0.25, -0.2) is 13.2 Å². The number of cyclic esters (lactones) is 3. The second kappa shape index (κ2) is 34.0. The summed E-state index contributed by atoms with van der Waals surface area (Å²) >= 11 is 0. The molecule has 1 heterocycles. The zero-order valence-corrected chi connectivity index (χ0v) is 45.2. The standard InChI is InChI=1S/C60H72F12O9/c61-49-37-40-19-7-1-4-10-25-52(73)79-43(22-13-16-34-58(64,65)66)29-32-47-41(38-50(62)56(47)77)20-8-3-6-12-27-54(75)81-45(24-15-18-36-60(70,71)72)30-33-48-42(39-51(63)57(48)78)21-9-2-5-11-26-53(74)80-44(28-31-46(40)55(49)76)23-14-17-35-59(67,68)69/h1-3,7-9,31-33,37-45H,4-6,10-30,34-36H2/t40-,41-,42-,43-,44-,45-/m0/s1. The first-order valence-electron chi connectivity index (χ1n) is 27.9. The molecule has 0 amide bonds. The third-order valence-electron chi connectivity index (χ3n) is 14.0. The Bertz CT molecular complexity index is 2160. The maximum absolute atomic E-state index is 14.7. The van der Waals surface area contributed by atoms with E-state index in [2.05, 4.69) is 0 Å². The van der Waals surface area contributed by atoms with Gasteiger partial charge in [-0.1, -0.05) is 54.7 Å². The molecule has 6 atom stereocenters. The fourth-order valence-electron chi connectivity index (χ4n) is 9.71. The highest BCUT2D eigenvalue weighted by molar-refractivity contribution is 6.11. The van der Waals surface area contributed by atoms with Crippen LogP contribution in [0.2, 0.25) is 0 Å². The van der Waals surface area contributed by atoms with Gasteiger partial charge in [-0.3, -0.25) is 28.8 Å². The quantitative estimate of drug-likeness (QED) is 0.0616. The Labute approximate surface area is 464 Å². The topological polar surface area (TPSA) is 130 Å². The smallest absolute Gasteiger partial charge is 0.389 e. The van der Waals surface area contributed by atoms with Crippen LogP contribution < -0.4 is 0 Å². The van der Waals surface area contributed by atoms with E-state index in [9.17, 15) is 81.5 Å². The Hall–Kier alpha value is -5.76. The predicted molar refractivity (Wildman–Crippen MR) is 277 cm³/mol. The van der Waals surface area contributed by atoms with Crippen LogP contribution in [0.3, 0.4) is 0 Å². The molecule has 450 valence electrons. The molecule has 21 heteroatoms. The van der Waals surface area contributed by atoms with Crippen LogP contribution in [-0.2, 0) is 43.0 Å². The summed E-state index contributed by atoms with van der Waals surface area (Å²) in [7, 11) is 0. The molecule has 4 rings (SSSR count). The van der Waals surface area contributed by atoms with Crippen LogP contribution in [0.5, 0.6) is 0 Å². The van der Waals surface area contributed by atoms with Crippen LogP contribution in [0.25, 0.3) is 0 Å². The number of Topliss-reactive ketones (excluding diaryl/α,β-unsaturated/α-hetero) is 3. The molecule has 0 spiro atoms. The number of fused-ring (bicyclic) bond motifs is 3. The SMILES string of the molecule is O=C1CCCC=CC[C@H]2C=C(F)C(=O)C2=CC[C@H](CCCCC(F)(F)F)OC(=O)CCCC=CC[C@H]2C=C(F)C(=O)C2=CC[C@H](CCCCC(F)(F)F)OC(=O)CCCC=CC[C@H]2C=C(F)C(=O)C2=CC[C@H](CCCCC(F)(F)F)O1. The van der Waals surface area contributed by atoms with Gasteiger partial charge in [-0.15, -0.1) is 0 Å². The van der Waals surface area contributed by atoms with Crippen molar-refractivity contribution in [2.45, 2.75) is 210 Å². The van der Waals surface area contributed by atoms with Gasteiger partial charge in [0.25, 0.3) is 0 Å². The summed E-state index contributed by atoms with van der Waals surface area (Å²) in [4.78, 5) is 77.7. The lowest BCUT2D eigenvalue weighted by atomic mass is 9.95. The highest BCUT2D eigenvalue weighted by atomic mass is 19.4. The summed E-state index contributed by atoms with van der Waals surface area (Å²) in [5.41, 5.74) is 0.176. The van der Waals surface area contributed by atoms with Crippen LogP contribution in [0.4, 0.5) is 52.7 Å². The number of carbonyl (C=O) groups is 6. The molecule has 1 aliphatic heterocycles. The Morgan fingerprint density at radius 1 is 0.370 bits per heavy atom. The van der Waals surface area contributed by atoms with Crippen LogP contribution in [0, 0.1) is 17.8 Å². The third-order valence-corrected chi connectivity index (χ3v) is 14.0. The number of ether oxygens (including phenoxy) is 3. The van der Waals surface area contributed by atoms with E-state index in [4.69, 9.17) is 14.2 Å². The van der Waals surface area contributed by atoms with Crippen molar-refractivity contribution in [3.8, 4) is 0 Å². The monoisotopic (exact) mass is 1160 g/mol. The lowest BCUT2D eigenvalue weighted by Crippen LogP contribution is -2.19. The zero-order valence-electron chi connectivity index (χ0n) is 45.2. The highest BCUT2D eigenvalue weighted by Crippen LogP contribution is 2.36. The maximum Gasteiger partial charge on any atom is 0.389 e. The molecule has 0 N–H and O–H groups in total. The molecular formula is C60H72F12O9. The van der Waals surface area contributed by atoms with Gasteiger partial charge < -0.3 is 14.2 Å². The number of esters is 3. The minimum absolute atomic E-state index is 0.00967. The molecule has 0 radical (unpaired) electrons. The second-order valence-electron chi connectivity index (χ2n) is 20.8. The van der Waals surface area contributed by atoms with Crippen molar-refractivity contribution in [1.29, 1.82) is 0 Å². The van der Waals surface area contributed by atoms with Crippen molar-refractivity contribution in [2.75, 3.05) is 0 Å². The fraction of sp³-hybridized carbons (Fsp3) is 0.600. The van der Waals surface area contributed by atoms with Crippen molar-refractivity contribution in [1.82, 2.24) is 0 Å². The van der Waals surface area contributed by atoms with E-state index in [1.54, 1.807) is 36.5 Å². The number of hydrogen-bond acceptors (Lipinski definition) is 9. The number of allylic oxidation sites excluding steroid dienone is 15. The highest BCUT2D eigenvalue weighted by Gasteiger charge is 2.34. The molecule has 0 bridgehead atoms. The normalized spacial score (nSPS) is 24.9. The van der Waals surface area contributed by atoms with E-state index < -0.39 is 127 Å². The Balaban J connectivity index is 1.54. The predicted octanol–water partition coefficient (Wildman–Crippen LogP) is 16.6. The molecule has 4 aliphatic rings. The van der Waals surface area contributed by atoms with E-state index in [1.807, 2.05) is 0 Å². The van der Waals surface area contributed by atoms with Gasteiger partial charge in [-0.2, -0.15) is 39.5 Å². The van der Waals surface area contributed by atoms with Crippen molar-refractivity contribution in [3.63, 3.8) is 0 Å². The summed E-state index contributed by atoms with van der Waals surface area (Å²) in [6.45, 7) is 0. The van der Waals surface area contributed by atoms with Gasteiger partial charge in [0.2, 0.25) is 17.3 Å². The van der Waals surface area contributed by atoms with E-state index in [0.717, 1.165) is 18.2 Å². The van der Waals surface area contributed by atoms with Crippen molar-refractivity contribution in [3.05, 3.63) is 107 Å². The van der Waals surface area contributed by atoms with E-state index in [0.29, 0.717) is 19.3 Å². The van der Waals surface area contributed by atoms with Crippen LogP contribution in [0.15, 0.2) is 107 Å². The lowest BCUT2D eigenvalue weighted by molar-refractivity contribution is -0.150. The first-order chi connectivity index (χ1) is 38.3.